The summed E-state index contributed by atoms with van der Waals surface area (Å²) in [5.41, 5.74) is 1.37. The molecule has 2 fully saturated rings. The highest BCUT2D eigenvalue weighted by Crippen LogP contribution is 2.21. The van der Waals surface area contributed by atoms with Gasteiger partial charge in [-0.1, -0.05) is 12.7 Å². The Morgan fingerprint density at radius 1 is 1.20 bits per heavy atom. The predicted octanol–water partition coefficient (Wildman–Crippen LogP) is 1.51. The van der Waals surface area contributed by atoms with Crippen molar-refractivity contribution in [1.82, 2.24) is 15.1 Å². The van der Waals surface area contributed by atoms with Crippen molar-refractivity contribution in [2.24, 2.45) is 5.92 Å². The molecule has 20 heavy (non-hydrogen) atoms. The van der Waals surface area contributed by atoms with Gasteiger partial charge in [0.25, 0.3) is 0 Å². The largest absolute Gasteiger partial charge is 0.375 e. The number of hydrogen-bond donors (Lipinski definition) is 1. The topological polar surface area (TPSA) is 35.6 Å². The lowest BCUT2D eigenvalue weighted by molar-refractivity contribution is -0.0979. The Morgan fingerprint density at radius 2 is 1.80 bits per heavy atom. The molecule has 0 aromatic heterocycles. The zero-order valence-electron chi connectivity index (χ0n) is 12.8. The molecule has 0 spiro atoms. The van der Waals surface area contributed by atoms with Crippen LogP contribution in [0.1, 0.15) is 19.8 Å². The fourth-order valence-corrected chi connectivity index (χ4v) is 3.00. The van der Waals surface area contributed by atoms with Gasteiger partial charge >= 0.3 is 0 Å². The van der Waals surface area contributed by atoms with Crippen LogP contribution in [0.3, 0.4) is 0 Å². The second-order valence-electron chi connectivity index (χ2n) is 5.52. The zero-order chi connectivity index (χ0) is 14.8. The summed E-state index contributed by atoms with van der Waals surface area (Å²) in [4.78, 5) is 13.1. The third-order valence-corrected chi connectivity index (χ3v) is 4.20. The Morgan fingerprint density at radius 3 is 2.35 bits per heavy atom. The SMILES string of the molecule is C=C/C=C(\C)N1CCC(CN2CCNCC2)CC1.C=O. The molecular formula is C16H29N3O. The maximum atomic E-state index is 8.00. The number of piperidine rings is 1. The van der Waals surface area contributed by atoms with Crippen LogP contribution in [0.5, 0.6) is 0 Å². The lowest BCUT2D eigenvalue weighted by atomic mass is 9.95. The summed E-state index contributed by atoms with van der Waals surface area (Å²) in [6.07, 6.45) is 6.69. The first-order valence-corrected chi connectivity index (χ1v) is 7.56. The molecule has 0 radical (unpaired) electrons. The van der Waals surface area contributed by atoms with Crippen molar-refractivity contribution < 1.29 is 4.79 Å². The molecule has 0 aliphatic carbocycles. The highest BCUT2D eigenvalue weighted by Gasteiger charge is 2.21. The van der Waals surface area contributed by atoms with Crippen LogP contribution in [0.4, 0.5) is 0 Å². The molecule has 0 aromatic rings. The average molecular weight is 279 g/mol. The molecule has 0 saturated carbocycles. The van der Waals surface area contributed by atoms with Crippen LogP contribution < -0.4 is 5.32 Å². The minimum atomic E-state index is 0.899. The molecule has 0 unspecified atom stereocenters. The average Bonchev–Trinajstić information content (AvgIpc) is 2.51. The number of piperazine rings is 1. The van der Waals surface area contributed by atoms with Crippen LogP contribution in [0, 0.1) is 5.92 Å². The van der Waals surface area contributed by atoms with E-state index in [1.807, 2.05) is 12.9 Å². The zero-order valence-corrected chi connectivity index (χ0v) is 12.8. The van der Waals surface area contributed by atoms with Crippen molar-refractivity contribution in [1.29, 1.82) is 0 Å². The molecule has 2 rings (SSSR count). The van der Waals surface area contributed by atoms with Crippen molar-refractivity contribution in [3.05, 3.63) is 24.4 Å². The standard InChI is InChI=1S/C15H27N3.CH2O/c1-3-4-14(2)18-9-5-15(6-10-18)13-17-11-7-16-8-12-17;1-2/h3-4,15-16H,1,5-13H2,2H3;1H2/b14-4+;. The van der Waals surface area contributed by atoms with E-state index in [2.05, 4.69) is 34.7 Å². The first kappa shape index (κ1) is 16.9. The van der Waals surface area contributed by atoms with Gasteiger partial charge in [-0.15, -0.1) is 0 Å². The van der Waals surface area contributed by atoms with Crippen LogP contribution in [0.2, 0.25) is 0 Å². The molecule has 114 valence electrons. The number of nitrogens with zero attached hydrogens (tertiary/aromatic N) is 2. The molecule has 2 aliphatic rings. The number of allylic oxidation sites excluding steroid dienone is 3. The van der Waals surface area contributed by atoms with E-state index in [-0.39, 0.29) is 0 Å². The molecule has 4 nitrogen and oxygen atoms in total. The maximum Gasteiger partial charge on any atom is 0.106 e. The lowest BCUT2D eigenvalue weighted by Crippen LogP contribution is -2.46. The molecule has 4 heteroatoms. The molecule has 0 amide bonds. The minimum absolute atomic E-state index is 0.899. The number of hydrogen-bond acceptors (Lipinski definition) is 4. The van der Waals surface area contributed by atoms with Gasteiger partial charge in [0, 0.05) is 51.5 Å². The molecule has 1 N–H and O–H groups in total. The Kier molecular flexibility index (Phi) is 8.23. The molecule has 0 bridgehead atoms. The van der Waals surface area contributed by atoms with Gasteiger partial charge in [0.05, 0.1) is 0 Å². The summed E-state index contributed by atoms with van der Waals surface area (Å²) in [6, 6.07) is 0. The van der Waals surface area contributed by atoms with Crippen molar-refractivity contribution in [3.63, 3.8) is 0 Å². The predicted molar refractivity (Wildman–Crippen MR) is 84.7 cm³/mol. The molecule has 2 saturated heterocycles. The highest BCUT2D eigenvalue weighted by molar-refractivity contribution is 5.11. The van der Waals surface area contributed by atoms with Crippen molar-refractivity contribution in [2.45, 2.75) is 19.8 Å². The smallest absolute Gasteiger partial charge is 0.106 e. The maximum absolute atomic E-state index is 8.00. The summed E-state index contributed by atoms with van der Waals surface area (Å²) < 4.78 is 0. The van der Waals surface area contributed by atoms with E-state index >= 15 is 0 Å². The number of carbonyl (C=O) groups excluding carboxylic acids is 1. The number of rotatable bonds is 4. The van der Waals surface area contributed by atoms with Gasteiger partial charge in [0.1, 0.15) is 6.79 Å². The highest BCUT2D eigenvalue weighted by atomic mass is 16.1. The first-order valence-electron chi connectivity index (χ1n) is 7.56. The van der Waals surface area contributed by atoms with Gasteiger partial charge in [0.15, 0.2) is 0 Å². The van der Waals surface area contributed by atoms with E-state index in [1.165, 1.54) is 64.4 Å². The van der Waals surface area contributed by atoms with Crippen molar-refractivity contribution in [3.8, 4) is 0 Å². The Bertz CT molecular complexity index is 303. The van der Waals surface area contributed by atoms with E-state index in [0.717, 1.165) is 5.92 Å². The summed E-state index contributed by atoms with van der Waals surface area (Å²) in [7, 11) is 0. The third-order valence-electron chi connectivity index (χ3n) is 4.20. The Balaban J connectivity index is 0.000000956. The van der Waals surface area contributed by atoms with E-state index < -0.39 is 0 Å². The van der Waals surface area contributed by atoms with E-state index in [4.69, 9.17) is 4.79 Å². The normalized spacial score (nSPS) is 22.1. The van der Waals surface area contributed by atoms with Crippen LogP contribution >= 0.6 is 0 Å². The van der Waals surface area contributed by atoms with Crippen molar-refractivity contribution in [2.75, 3.05) is 45.8 Å². The van der Waals surface area contributed by atoms with E-state index in [0.29, 0.717) is 0 Å². The van der Waals surface area contributed by atoms with Gasteiger partial charge in [-0.3, -0.25) is 0 Å². The molecule has 0 atom stereocenters. The fraction of sp³-hybridized carbons (Fsp3) is 0.688. The Labute approximate surface area is 123 Å². The monoisotopic (exact) mass is 279 g/mol. The summed E-state index contributed by atoms with van der Waals surface area (Å²) in [5, 5.41) is 3.42. The number of carbonyl (C=O) groups is 1. The molecule has 2 aliphatic heterocycles. The van der Waals surface area contributed by atoms with Gasteiger partial charge < -0.3 is 19.9 Å². The quantitative estimate of drug-likeness (QED) is 0.791. The molecular weight excluding hydrogens is 250 g/mol. The van der Waals surface area contributed by atoms with Gasteiger partial charge in [-0.2, -0.15) is 0 Å². The molecule has 2 heterocycles. The van der Waals surface area contributed by atoms with Crippen molar-refractivity contribution >= 4 is 6.79 Å². The second kappa shape index (κ2) is 9.72. The summed E-state index contributed by atoms with van der Waals surface area (Å²) in [5.74, 6) is 0.899. The van der Waals surface area contributed by atoms with Gasteiger partial charge in [-0.25, -0.2) is 0 Å². The minimum Gasteiger partial charge on any atom is -0.375 e. The number of likely N-dealkylation sites (tertiary alicyclic amines) is 1. The first-order chi connectivity index (χ1) is 9.79. The molecule has 0 aromatic carbocycles. The fourth-order valence-electron chi connectivity index (χ4n) is 3.00. The van der Waals surface area contributed by atoms with Crippen LogP contribution in [0.15, 0.2) is 24.4 Å². The second-order valence-corrected chi connectivity index (χ2v) is 5.52. The summed E-state index contributed by atoms with van der Waals surface area (Å²) in [6.45, 7) is 16.5. The van der Waals surface area contributed by atoms with E-state index in [1.54, 1.807) is 0 Å². The van der Waals surface area contributed by atoms with Gasteiger partial charge in [0.2, 0.25) is 0 Å². The van der Waals surface area contributed by atoms with Crippen LogP contribution in [0.25, 0.3) is 0 Å². The lowest BCUT2D eigenvalue weighted by Gasteiger charge is -2.37. The number of nitrogens with one attached hydrogen (secondary N) is 1. The van der Waals surface area contributed by atoms with E-state index in [9.17, 15) is 0 Å². The third kappa shape index (κ3) is 5.47. The van der Waals surface area contributed by atoms with Gasteiger partial charge in [-0.05, 0) is 31.8 Å². The summed E-state index contributed by atoms with van der Waals surface area (Å²) >= 11 is 0. The van der Waals surface area contributed by atoms with Crippen LogP contribution in [-0.2, 0) is 4.79 Å². The Hall–Kier alpha value is -1.13. The van der Waals surface area contributed by atoms with Crippen LogP contribution in [-0.4, -0.2) is 62.4 Å².